The zero-order valence-electron chi connectivity index (χ0n) is 20.3. The lowest BCUT2D eigenvalue weighted by Crippen LogP contribution is -2.39. The highest BCUT2D eigenvalue weighted by atomic mass is 31.3. The standard InChI is InChI=1S/C18H22N5O15P3/c24-14-13(9-35-40(31,32)38-41(33,34)37-39(28,29)30)36-17(15(14)25)22-8-12(16(26)19-18(22)27)23-7-11(20-21-23)6-10-4-2-1-3-5-10/h1-5,7-8,13-15,17,24-25H,6,9H2,(H,31,32)(H,33,34)(H,19,26,27)(H2,28,29,30)/t13-,14?,15+,17-/m1/s1. The van der Waals surface area contributed by atoms with Crippen molar-refractivity contribution in [2.24, 2.45) is 0 Å². The van der Waals surface area contributed by atoms with Crippen LogP contribution in [-0.2, 0) is 38.0 Å². The van der Waals surface area contributed by atoms with E-state index in [0.717, 1.165) is 16.4 Å². The highest BCUT2D eigenvalue weighted by molar-refractivity contribution is 7.66. The third-order valence-electron chi connectivity index (χ3n) is 5.39. The highest BCUT2D eigenvalue weighted by Gasteiger charge is 2.47. The number of hydrogen-bond donors (Lipinski definition) is 7. The minimum atomic E-state index is -5.80. The highest BCUT2D eigenvalue weighted by Crippen LogP contribution is 2.66. The summed E-state index contributed by atoms with van der Waals surface area (Å²) in [6, 6.07) is 9.22. The van der Waals surface area contributed by atoms with Gasteiger partial charge < -0.3 is 34.5 Å². The Balaban J connectivity index is 1.49. The predicted molar refractivity (Wildman–Crippen MR) is 131 cm³/mol. The molecule has 0 aliphatic carbocycles. The van der Waals surface area contributed by atoms with Gasteiger partial charge in [0, 0.05) is 12.6 Å². The lowest BCUT2D eigenvalue weighted by molar-refractivity contribution is -0.0542. The van der Waals surface area contributed by atoms with Crippen molar-refractivity contribution in [1.82, 2.24) is 24.5 Å². The molecule has 0 spiro atoms. The number of phosphoric ester groups is 1. The Morgan fingerprint density at radius 1 is 0.951 bits per heavy atom. The maximum absolute atomic E-state index is 12.5. The fourth-order valence-corrected chi connectivity index (χ4v) is 6.73. The number of aliphatic hydroxyl groups excluding tert-OH is 2. The van der Waals surface area contributed by atoms with Gasteiger partial charge >= 0.3 is 29.2 Å². The van der Waals surface area contributed by atoms with Crippen molar-refractivity contribution in [2.45, 2.75) is 31.0 Å². The van der Waals surface area contributed by atoms with Crippen molar-refractivity contribution < 1.29 is 61.4 Å². The Bertz CT molecular complexity index is 1650. The van der Waals surface area contributed by atoms with Crippen molar-refractivity contribution in [1.29, 1.82) is 0 Å². The molecule has 41 heavy (non-hydrogen) atoms. The van der Waals surface area contributed by atoms with Crippen LogP contribution in [0.15, 0.2) is 52.3 Å². The van der Waals surface area contributed by atoms with Crippen molar-refractivity contribution >= 4 is 23.5 Å². The third-order valence-corrected chi connectivity index (χ3v) is 9.20. The number of benzene rings is 1. The van der Waals surface area contributed by atoms with Crippen LogP contribution in [0.5, 0.6) is 0 Å². The van der Waals surface area contributed by atoms with Gasteiger partial charge in [-0.2, -0.15) is 8.62 Å². The van der Waals surface area contributed by atoms with Crippen LogP contribution in [0.3, 0.4) is 0 Å². The minimum Gasteiger partial charge on any atom is -0.387 e. The predicted octanol–water partition coefficient (Wildman–Crippen LogP) is -1.33. The number of nitrogens with one attached hydrogen (secondary N) is 1. The normalized spacial score (nSPS) is 24.1. The molecule has 224 valence electrons. The Kier molecular flexibility index (Phi) is 9.08. The summed E-state index contributed by atoms with van der Waals surface area (Å²) in [7, 11) is -17.0. The van der Waals surface area contributed by atoms with E-state index in [1.165, 1.54) is 6.20 Å². The molecule has 1 fully saturated rings. The van der Waals surface area contributed by atoms with E-state index in [-0.39, 0.29) is 5.69 Å². The summed E-state index contributed by atoms with van der Waals surface area (Å²) in [6.45, 7) is -1.10. The van der Waals surface area contributed by atoms with Crippen LogP contribution in [0.4, 0.5) is 0 Å². The second kappa shape index (κ2) is 11.9. The maximum atomic E-state index is 12.5. The molecule has 0 bridgehead atoms. The molecule has 6 atom stereocenters. The fraction of sp³-hybridized carbons (Fsp3) is 0.333. The number of H-pyrrole nitrogens is 1. The second-order valence-electron chi connectivity index (χ2n) is 8.43. The average molecular weight is 641 g/mol. The van der Waals surface area contributed by atoms with Gasteiger partial charge in [0.1, 0.15) is 24.0 Å². The topological polar surface area (TPSA) is 295 Å². The summed E-state index contributed by atoms with van der Waals surface area (Å²) < 4.78 is 52.9. The molecule has 1 aromatic carbocycles. The van der Waals surface area contributed by atoms with E-state index in [9.17, 15) is 43.3 Å². The van der Waals surface area contributed by atoms with E-state index >= 15 is 0 Å². The van der Waals surface area contributed by atoms with Crippen molar-refractivity contribution in [3.8, 4) is 5.69 Å². The number of aromatic amines is 1. The number of hydrogen-bond acceptors (Lipinski definition) is 13. The summed E-state index contributed by atoms with van der Waals surface area (Å²) in [5.74, 6) is 0. The number of phosphoric acid groups is 3. The Morgan fingerprint density at radius 3 is 2.29 bits per heavy atom. The molecule has 1 aliphatic rings. The van der Waals surface area contributed by atoms with E-state index in [2.05, 4.69) is 23.5 Å². The van der Waals surface area contributed by atoms with Crippen LogP contribution in [0.2, 0.25) is 0 Å². The van der Waals surface area contributed by atoms with Gasteiger partial charge in [-0.1, -0.05) is 35.5 Å². The molecule has 4 rings (SSSR count). The van der Waals surface area contributed by atoms with Gasteiger partial charge in [-0.25, -0.2) is 23.2 Å². The van der Waals surface area contributed by atoms with Crippen molar-refractivity contribution in [2.75, 3.05) is 6.61 Å². The second-order valence-corrected chi connectivity index (χ2v) is 12.9. The molecule has 0 saturated carbocycles. The molecule has 3 unspecified atom stereocenters. The molecule has 3 aromatic rings. The third kappa shape index (κ3) is 8.00. The van der Waals surface area contributed by atoms with Gasteiger partial charge in [0.25, 0.3) is 5.56 Å². The molecular formula is C18H22N5O15P3. The molecule has 20 nitrogen and oxygen atoms in total. The lowest BCUT2D eigenvalue weighted by Gasteiger charge is -2.19. The van der Waals surface area contributed by atoms with E-state index < -0.39 is 65.9 Å². The minimum absolute atomic E-state index is 0.224. The first-order valence-electron chi connectivity index (χ1n) is 11.1. The monoisotopic (exact) mass is 641 g/mol. The van der Waals surface area contributed by atoms with Crippen LogP contribution >= 0.6 is 23.5 Å². The molecular weight excluding hydrogens is 619 g/mol. The Morgan fingerprint density at radius 2 is 1.63 bits per heavy atom. The van der Waals surface area contributed by atoms with Gasteiger partial charge in [-0.15, -0.1) is 5.10 Å². The SMILES string of the molecule is O=c1[nH]c(=O)n([C@@H]2O[C@H](COP(=O)(O)OP(=O)(O)OP(=O)(O)O)C(O)[C@@H]2O)cc1-n1cc(Cc2ccccc2)nn1. The Hall–Kier alpha value is -2.67. The maximum Gasteiger partial charge on any atom is 0.490 e. The van der Waals surface area contributed by atoms with Gasteiger partial charge in [-0.05, 0) is 5.56 Å². The zero-order valence-corrected chi connectivity index (χ0v) is 22.9. The first-order valence-corrected chi connectivity index (χ1v) is 15.7. The van der Waals surface area contributed by atoms with Crippen LogP contribution in [-0.4, -0.2) is 79.3 Å². The largest absolute Gasteiger partial charge is 0.490 e. The summed E-state index contributed by atoms with van der Waals surface area (Å²) in [6.07, 6.45) is -4.32. The molecule has 1 aliphatic heterocycles. The molecule has 0 amide bonds. The average Bonchev–Trinajstić information content (AvgIpc) is 3.41. The van der Waals surface area contributed by atoms with Crippen LogP contribution < -0.4 is 11.2 Å². The van der Waals surface area contributed by atoms with Crippen LogP contribution in [0.25, 0.3) is 5.69 Å². The summed E-state index contributed by atoms with van der Waals surface area (Å²) in [5, 5.41) is 28.7. The van der Waals surface area contributed by atoms with Crippen molar-refractivity contribution in [3.63, 3.8) is 0 Å². The summed E-state index contributed by atoms with van der Waals surface area (Å²) in [5.41, 5.74) is -0.782. The number of aromatic nitrogens is 5. The van der Waals surface area contributed by atoms with Crippen LogP contribution in [0, 0.1) is 0 Å². The smallest absolute Gasteiger partial charge is 0.387 e. The molecule has 1 saturated heterocycles. The van der Waals surface area contributed by atoms with E-state index in [0.29, 0.717) is 16.7 Å². The van der Waals surface area contributed by atoms with Gasteiger partial charge in [0.05, 0.1) is 18.5 Å². The summed E-state index contributed by atoms with van der Waals surface area (Å²) in [4.78, 5) is 63.0. The fourth-order valence-electron chi connectivity index (χ4n) is 3.70. The van der Waals surface area contributed by atoms with Gasteiger partial charge in [0.2, 0.25) is 0 Å². The van der Waals surface area contributed by atoms with E-state index in [4.69, 9.17) is 14.5 Å². The molecule has 3 heterocycles. The number of nitrogens with zero attached hydrogens (tertiary/aromatic N) is 4. The molecule has 0 radical (unpaired) electrons. The molecule has 2 aromatic heterocycles. The van der Waals surface area contributed by atoms with Crippen molar-refractivity contribution in [3.05, 3.63) is 74.8 Å². The van der Waals surface area contributed by atoms with Gasteiger partial charge in [0.15, 0.2) is 6.23 Å². The lowest BCUT2D eigenvalue weighted by atomic mass is 10.1. The first-order chi connectivity index (χ1) is 19.0. The number of aliphatic hydroxyl groups is 2. The van der Waals surface area contributed by atoms with E-state index in [1.54, 1.807) is 0 Å². The Labute approximate surface area is 227 Å². The molecule has 23 heteroatoms. The number of ether oxygens (including phenoxy) is 1. The molecule has 7 N–H and O–H groups in total. The van der Waals surface area contributed by atoms with E-state index in [1.807, 2.05) is 35.3 Å². The summed E-state index contributed by atoms with van der Waals surface area (Å²) >= 11 is 0. The van der Waals surface area contributed by atoms with Crippen LogP contribution in [0.1, 0.15) is 17.5 Å². The van der Waals surface area contributed by atoms with Gasteiger partial charge in [-0.3, -0.25) is 18.9 Å². The number of rotatable bonds is 11. The quantitative estimate of drug-likeness (QED) is 0.119. The first kappa shape index (κ1) is 31.3. The zero-order chi connectivity index (χ0) is 30.2.